The smallest absolute Gasteiger partial charge is 0.338 e. The van der Waals surface area contributed by atoms with E-state index >= 15 is 0 Å². The van der Waals surface area contributed by atoms with E-state index in [1.165, 1.54) is 5.56 Å². The van der Waals surface area contributed by atoms with Gasteiger partial charge in [0.2, 0.25) is 5.91 Å². The minimum absolute atomic E-state index is 0.00211. The molecular weight excluding hydrogens is 316 g/mol. The highest BCUT2D eigenvalue weighted by Gasteiger charge is 2.11. The van der Waals surface area contributed by atoms with E-state index in [9.17, 15) is 9.59 Å². The van der Waals surface area contributed by atoms with Crippen LogP contribution in [0.3, 0.4) is 0 Å². The van der Waals surface area contributed by atoms with Gasteiger partial charge in [-0.25, -0.2) is 4.79 Å². The number of likely N-dealkylation sites (N-methyl/N-ethyl adjacent to an activating group) is 1. The second-order valence-corrected chi connectivity index (χ2v) is 5.83. The van der Waals surface area contributed by atoms with Gasteiger partial charge in [0, 0.05) is 19.3 Å². The van der Waals surface area contributed by atoms with Crippen molar-refractivity contribution in [2.24, 2.45) is 0 Å². The van der Waals surface area contributed by atoms with Crippen molar-refractivity contribution in [3.05, 3.63) is 65.2 Å². The molecule has 0 saturated carbocycles. The predicted octanol–water partition coefficient (Wildman–Crippen LogP) is 3.24. The van der Waals surface area contributed by atoms with Crippen LogP contribution in [0.15, 0.2) is 48.5 Å². The van der Waals surface area contributed by atoms with Gasteiger partial charge in [-0.1, -0.05) is 24.3 Å². The molecule has 2 aromatic carbocycles. The standard InChI is InChI=1S/C20H24N2O3/c1-4-25-20(24)16-9-11-18(12-10-16)21-13-19(23)22(3)14-17-8-6-5-7-15(17)2/h5-12,21H,4,13-14H2,1-3H3. The average molecular weight is 340 g/mol. The van der Waals surface area contributed by atoms with Crippen molar-refractivity contribution in [2.75, 3.05) is 25.5 Å². The Kier molecular flexibility index (Phi) is 6.57. The number of rotatable bonds is 7. The predicted molar refractivity (Wildman–Crippen MR) is 98.5 cm³/mol. The fourth-order valence-corrected chi connectivity index (χ4v) is 2.38. The summed E-state index contributed by atoms with van der Waals surface area (Å²) in [5.74, 6) is -0.346. The molecule has 0 aliphatic heterocycles. The molecule has 0 saturated heterocycles. The van der Waals surface area contributed by atoms with Crippen LogP contribution >= 0.6 is 0 Å². The fourth-order valence-electron chi connectivity index (χ4n) is 2.38. The number of amides is 1. The zero-order chi connectivity index (χ0) is 18.2. The van der Waals surface area contributed by atoms with E-state index in [1.54, 1.807) is 43.1 Å². The average Bonchev–Trinajstić information content (AvgIpc) is 2.62. The van der Waals surface area contributed by atoms with Gasteiger partial charge in [0.25, 0.3) is 0 Å². The first-order valence-corrected chi connectivity index (χ1v) is 8.30. The summed E-state index contributed by atoms with van der Waals surface area (Å²) in [6.45, 7) is 4.93. The number of anilines is 1. The second kappa shape index (κ2) is 8.87. The van der Waals surface area contributed by atoms with E-state index < -0.39 is 0 Å². The molecule has 0 fully saturated rings. The third-order valence-electron chi connectivity index (χ3n) is 3.93. The third kappa shape index (κ3) is 5.35. The Hall–Kier alpha value is -2.82. The molecule has 0 aromatic heterocycles. The lowest BCUT2D eigenvalue weighted by Gasteiger charge is -2.19. The van der Waals surface area contributed by atoms with Crippen molar-refractivity contribution in [2.45, 2.75) is 20.4 Å². The number of esters is 1. The molecule has 0 heterocycles. The maximum absolute atomic E-state index is 12.3. The second-order valence-electron chi connectivity index (χ2n) is 5.83. The van der Waals surface area contributed by atoms with Crippen LogP contribution in [0.4, 0.5) is 5.69 Å². The molecule has 0 radical (unpaired) electrons. The van der Waals surface area contributed by atoms with Gasteiger partial charge in [0.15, 0.2) is 0 Å². The lowest BCUT2D eigenvalue weighted by Crippen LogP contribution is -2.32. The van der Waals surface area contributed by atoms with Crippen LogP contribution in [-0.2, 0) is 16.1 Å². The van der Waals surface area contributed by atoms with Gasteiger partial charge >= 0.3 is 5.97 Å². The molecule has 5 heteroatoms. The molecule has 0 unspecified atom stereocenters. The van der Waals surface area contributed by atoms with Gasteiger partial charge in [-0.2, -0.15) is 0 Å². The van der Waals surface area contributed by atoms with Gasteiger partial charge in [-0.3, -0.25) is 4.79 Å². The number of carbonyl (C=O) groups is 2. The molecule has 0 atom stereocenters. The number of ether oxygens (including phenoxy) is 1. The highest BCUT2D eigenvalue weighted by Crippen LogP contribution is 2.12. The van der Waals surface area contributed by atoms with Crippen molar-refractivity contribution < 1.29 is 14.3 Å². The molecule has 1 amide bonds. The molecular formula is C20H24N2O3. The summed E-state index contributed by atoms with van der Waals surface area (Å²) < 4.78 is 4.94. The first-order chi connectivity index (χ1) is 12.0. The van der Waals surface area contributed by atoms with E-state index in [2.05, 4.69) is 5.32 Å². The molecule has 1 N–H and O–H groups in total. The van der Waals surface area contributed by atoms with Crippen LogP contribution < -0.4 is 5.32 Å². The Labute approximate surface area is 148 Å². The minimum Gasteiger partial charge on any atom is -0.462 e. The van der Waals surface area contributed by atoms with Crippen LogP contribution in [0.2, 0.25) is 0 Å². The monoisotopic (exact) mass is 340 g/mol. The maximum Gasteiger partial charge on any atom is 0.338 e. The molecule has 132 valence electrons. The summed E-state index contributed by atoms with van der Waals surface area (Å²) in [5, 5.41) is 3.08. The number of hydrogen-bond donors (Lipinski definition) is 1. The summed E-state index contributed by atoms with van der Waals surface area (Å²) in [6, 6.07) is 14.9. The van der Waals surface area contributed by atoms with Crippen molar-refractivity contribution in [1.82, 2.24) is 4.90 Å². The zero-order valence-electron chi connectivity index (χ0n) is 14.9. The molecule has 25 heavy (non-hydrogen) atoms. The van der Waals surface area contributed by atoms with E-state index in [0.717, 1.165) is 11.3 Å². The van der Waals surface area contributed by atoms with E-state index in [0.29, 0.717) is 18.7 Å². The SMILES string of the molecule is CCOC(=O)c1ccc(NCC(=O)N(C)Cc2ccccc2C)cc1. The Balaban J connectivity index is 1.87. The molecule has 0 spiro atoms. The highest BCUT2D eigenvalue weighted by molar-refractivity contribution is 5.90. The minimum atomic E-state index is -0.344. The zero-order valence-corrected chi connectivity index (χ0v) is 14.9. The summed E-state index contributed by atoms with van der Waals surface area (Å²) in [4.78, 5) is 25.6. The van der Waals surface area contributed by atoms with E-state index in [1.807, 2.05) is 31.2 Å². The Morgan fingerprint density at radius 3 is 2.40 bits per heavy atom. The van der Waals surface area contributed by atoms with Crippen molar-refractivity contribution >= 4 is 17.6 Å². The van der Waals surface area contributed by atoms with Gasteiger partial charge in [0.05, 0.1) is 18.7 Å². The third-order valence-corrected chi connectivity index (χ3v) is 3.93. The number of benzene rings is 2. The van der Waals surface area contributed by atoms with Crippen LogP contribution in [0.25, 0.3) is 0 Å². The lowest BCUT2D eigenvalue weighted by atomic mass is 10.1. The Morgan fingerprint density at radius 1 is 1.08 bits per heavy atom. The van der Waals surface area contributed by atoms with E-state index in [-0.39, 0.29) is 18.4 Å². The topological polar surface area (TPSA) is 58.6 Å². The van der Waals surface area contributed by atoms with E-state index in [4.69, 9.17) is 4.74 Å². The summed E-state index contributed by atoms with van der Waals surface area (Å²) in [5.41, 5.74) is 3.59. The number of hydrogen-bond acceptors (Lipinski definition) is 4. The quantitative estimate of drug-likeness (QED) is 0.786. The maximum atomic E-state index is 12.3. The molecule has 0 aliphatic carbocycles. The number of carbonyl (C=O) groups excluding carboxylic acids is 2. The number of aryl methyl sites for hydroxylation is 1. The van der Waals surface area contributed by atoms with Crippen LogP contribution in [0.1, 0.15) is 28.4 Å². The first-order valence-electron chi connectivity index (χ1n) is 8.30. The van der Waals surface area contributed by atoms with Crippen molar-refractivity contribution in [1.29, 1.82) is 0 Å². The summed E-state index contributed by atoms with van der Waals surface area (Å²) >= 11 is 0. The van der Waals surface area contributed by atoms with Gasteiger partial charge in [-0.15, -0.1) is 0 Å². The number of nitrogens with one attached hydrogen (secondary N) is 1. The number of nitrogens with zero attached hydrogens (tertiary/aromatic N) is 1. The normalized spacial score (nSPS) is 10.2. The Bertz CT molecular complexity index is 726. The molecule has 2 aromatic rings. The first kappa shape index (κ1) is 18.5. The summed E-state index contributed by atoms with van der Waals surface area (Å²) in [6.07, 6.45) is 0. The summed E-state index contributed by atoms with van der Waals surface area (Å²) in [7, 11) is 1.79. The molecule has 2 rings (SSSR count). The van der Waals surface area contributed by atoms with Crippen molar-refractivity contribution in [3.63, 3.8) is 0 Å². The molecule has 5 nitrogen and oxygen atoms in total. The fraction of sp³-hybridized carbons (Fsp3) is 0.300. The van der Waals surface area contributed by atoms with Crippen molar-refractivity contribution in [3.8, 4) is 0 Å². The Morgan fingerprint density at radius 2 is 1.76 bits per heavy atom. The lowest BCUT2D eigenvalue weighted by molar-refractivity contribution is -0.128. The van der Waals surface area contributed by atoms with Crippen LogP contribution in [0, 0.1) is 6.92 Å². The van der Waals surface area contributed by atoms with Gasteiger partial charge < -0.3 is 15.0 Å². The largest absolute Gasteiger partial charge is 0.462 e. The van der Waals surface area contributed by atoms with Gasteiger partial charge in [-0.05, 0) is 49.2 Å². The molecule has 0 bridgehead atoms. The van der Waals surface area contributed by atoms with Gasteiger partial charge in [0.1, 0.15) is 0 Å². The highest BCUT2D eigenvalue weighted by atomic mass is 16.5. The van der Waals surface area contributed by atoms with Crippen LogP contribution in [0.5, 0.6) is 0 Å². The van der Waals surface area contributed by atoms with Crippen LogP contribution in [-0.4, -0.2) is 37.0 Å². The molecule has 0 aliphatic rings.